The number of nitrogens with zero attached hydrogens (tertiary/aromatic N) is 2. The Balaban J connectivity index is 1.57. The maximum absolute atomic E-state index is 13.0. The third kappa shape index (κ3) is 3.21. The van der Waals surface area contributed by atoms with Gasteiger partial charge < -0.3 is 14.3 Å². The second-order valence-electron chi connectivity index (χ2n) is 5.89. The summed E-state index contributed by atoms with van der Waals surface area (Å²) in [4.78, 5) is 17.0. The van der Waals surface area contributed by atoms with Gasteiger partial charge in [0.05, 0.1) is 17.3 Å². The van der Waals surface area contributed by atoms with Gasteiger partial charge in [-0.3, -0.25) is 4.79 Å². The van der Waals surface area contributed by atoms with Crippen LogP contribution in [0.1, 0.15) is 5.56 Å². The molecule has 4 aromatic rings. The Hall–Kier alpha value is -3.41. The number of furan rings is 1. The number of carbonyl (C=O) groups is 1. The van der Waals surface area contributed by atoms with Crippen molar-refractivity contribution in [1.29, 1.82) is 0 Å². The van der Waals surface area contributed by atoms with Crippen LogP contribution >= 0.6 is 0 Å². The first-order valence-corrected chi connectivity index (χ1v) is 8.21. The van der Waals surface area contributed by atoms with E-state index in [2.05, 4.69) is 10.3 Å². The molecule has 2 aromatic heterocycles. The molecule has 0 aliphatic rings. The van der Waals surface area contributed by atoms with Gasteiger partial charge in [-0.2, -0.15) is 0 Å². The second kappa shape index (κ2) is 6.84. The van der Waals surface area contributed by atoms with Crippen molar-refractivity contribution >= 4 is 16.9 Å². The van der Waals surface area contributed by atoms with E-state index >= 15 is 0 Å². The Kier molecular flexibility index (Phi) is 4.23. The van der Waals surface area contributed by atoms with Crippen LogP contribution in [0.2, 0.25) is 0 Å². The fraction of sp³-hybridized carbons (Fsp3) is 0.100. The Labute approximate surface area is 149 Å². The highest BCUT2D eigenvalue weighted by Gasteiger charge is 2.16. The van der Waals surface area contributed by atoms with Crippen molar-refractivity contribution in [3.8, 4) is 11.6 Å². The molecule has 1 amide bonds. The molecule has 0 spiro atoms. The molecule has 0 atom stereocenters. The van der Waals surface area contributed by atoms with Gasteiger partial charge in [-0.15, -0.1) is 0 Å². The van der Waals surface area contributed by atoms with E-state index in [1.165, 1.54) is 12.1 Å². The van der Waals surface area contributed by atoms with Crippen LogP contribution in [0.25, 0.3) is 22.6 Å². The van der Waals surface area contributed by atoms with Gasteiger partial charge in [0.25, 0.3) is 0 Å². The number of nitrogens with one attached hydrogen (secondary N) is 1. The van der Waals surface area contributed by atoms with E-state index in [0.717, 1.165) is 16.6 Å². The number of carbonyl (C=O) groups excluding carboxylic acids is 1. The first-order chi connectivity index (χ1) is 12.7. The fourth-order valence-electron chi connectivity index (χ4n) is 2.83. The summed E-state index contributed by atoms with van der Waals surface area (Å²) in [7, 11) is 0. The molecule has 0 saturated carbocycles. The van der Waals surface area contributed by atoms with Crippen LogP contribution < -0.4 is 5.32 Å². The van der Waals surface area contributed by atoms with Gasteiger partial charge >= 0.3 is 0 Å². The van der Waals surface area contributed by atoms with Crippen molar-refractivity contribution in [2.75, 3.05) is 0 Å². The molecule has 26 heavy (non-hydrogen) atoms. The topological polar surface area (TPSA) is 60.1 Å². The highest BCUT2D eigenvalue weighted by molar-refractivity contribution is 5.83. The number of benzene rings is 2. The Bertz CT molecular complexity index is 1040. The summed E-state index contributed by atoms with van der Waals surface area (Å²) in [5.74, 6) is 0.749. The van der Waals surface area contributed by atoms with Gasteiger partial charge in [-0.1, -0.05) is 24.3 Å². The second-order valence-corrected chi connectivity index (χ2v) is 5.89. The van der Waals surface area contributed by atoms with Crippen LogP contribution in [-0.4, -0.2) is 15.5 Å². The zero-order valence-corrected chi connectivity index (χ0v) is 13.9. The van der Waals surface area contributed by atoms with Crippen LogP contribution in [0, 0.1) is 5.82 Å². The first-order valence-electron chi connectivity index (χ1n) is 8.21. The van der Waals surface area contributed by atoms with E-state index in [4.69, 9.17) is 4.42 Å². The standard InChI is InChI=1S/C20H16FN3O2/c21-15-9-7-14(8-10-15)12-22-19(25)13-24-17-5-2-1-4-16(17)23-20(24)18-6-3-11-26-18/h1-11H,12-13H2,(H,22,25). The summed E-state index contributed by atoms with van der Waals surface area (Å²) in [5, 5.41) is 2.85. The van der Waals surface area contributed by atoms with Crippen molar-refractivity contribution in [1.82, 2.24) is 14.9 Å². The van der Waals surface area contributed by atoms with Crippen molar-refractivity contribution in [3.05, 3.63) is 78.3 Å². The van der Waals surface area contributed by atoms with Crippen molar-refractivity contribution in [2.45, 2.75) is 13.1 Å². The minimum atomic E-state index is -0.298. The molecule has 2 aromatic carbocycles. The summed E-state index contributed by atoms with van der Waals surface area (Å²) in [5.41, 5.74) is 2.49. The Morgan fingerprint density at radius 1 is 1.08 bits per heavy atom. The van der Waals surface area contributed by atoms with E-state index < -0.39 is 0 Å². The van der Waals surface area contributed by atoms with Gasteiger partial charge in [0, 0.05) is 6.54 Å². The van der Waals surface area contributed by atoms with Crippen molar-refractivity contribution in [2.24, 2.45) is 0 Å². The monoisotopic (exact) mass is 349 g/mol. The van der Waals surface area contributed by atoms with Crippen LogP contribution in [0.4, 0.5) is 4.39 Å². The molecule has 0 bridgehead atoms. The average Bonchev–Trinajstić information content (AvgIpc) is 3.30. The normalized spacial score (nSPS) is 11.0. The summed E-state index contributed by atoms with van der Waals surface area (Å²) >= 11 is 0. The zero-order chi connectivity index (χ0) is 17.9. The summed E-state index contributed by atoms with van der Waals surface area (Å²) in [6, 6.07) is 17.3. The molecule has 130 valence electrons. The lowest BCUT2D eigenvalue weighted by Gasteiger charge is -2.09. The number of hydrogen-bond acceptors (Lipinski definition) is 3. The molecule has 6 heteroatoms. The Morgan fingerprint density at radius 2 is 1.88 bits per heavy atom. The van der Waals surface area contributed by atoms with Crippen LogP contribution in [-0.2, 0) is 17.9 Å². The van der Waals surface area contributed by atoms with E-state index in [0.29, 0.717) is 18.1 Å². The predicted octanol–water partition coefficient (Wildman–Crippen LogP) is 3.75. The number of rotatable bonds is 5. The van der Waals surface area contributed by atoms with E-state index in [9.17, 15) is 9.18 Å². The molecular weight excluding hydrogens is 333 g/mol. The first kappa shape index (κ1) is 16.1. The molecule has 0 unspecified atom stereocenters. The maximum atomic E-state index is 13.0. The number of imidazole rings is 1. The third-order valence-corrected chi connectivity index (χ3v) is 4.10. The number of aromatic nitrogens is 2. The summed E-state index contributed by atoms with van der Waals surface area (Å²) < 4.78 is 20.2. The van der Waals surface area contributed by atoms with Gasteiger partial charge in [0.15, 0.2) is 11.6 Å². The SMILES string of the molecule is O=C(Cn1c(-c2ccco2)nc2ccccc21)NCc1ccc(F)cc1. The maximum Gasteiger partial charge on any atom is 0.240 e. The zero-order valence-electron chi connectivity index (χ0n) is 13.9. The molecule has 2 heterocycles. The molecule has 5 nitrogen and oxygen atoms in total. The lowest BCUT2D eigenvalue weighted by atomic mass is 10.2. The molecule has 0 fully saturated rings. The summed E-state index contributed by atoms with van der Waals surface area (Å²) in [6.07, 6.45) is 1.58. The summed E-state index contributed by atoms with van der Waals surface area (Å²) in [6.45, 7) is 0.444. The van der Waals surface area contributed by atoms with Crippen molar-refractivity contribution in [3.63, 3.8) is 0 Å². The quantitative estimate of drug-likeness (QED) is 0.597. The van der Waals surface area contributed by atoms with E-state index in [1.54, 1.807) is 24.5 Å². The number of para-hydroxylation sites is 2. The van der Waals surface area contributed by atoms with Gasteiger partial charge in [0.1, 0.15) is 12.4 Å². The van der Waals surface area contributed by atoms with Crippen LogP contribution in [0.5, 0.6) is 0 Å². The van der Waals surface area contributed by atoms with Crippen LogP contribution in [0.3, 0.4) is 0 Å². The average molecular weight is 349 g/mol. The number of fused-ring (bicyclic) bond motifs is 1. The molecule has 1 N–H and O–H groups in total. The van der Waals surface area contributed by atoms with E-state index in [1.807, 2.05) is 34.9 Å². The fourth-order valence-corrected chi connectivity index (χ4v) is 2.83. The van der Waals surface area contributed by atoms with Crippen LogP contribution in [0.15, 0.2) is 71.3 Å². The minimum Gasteiger partial charge on any atom is -0.461 e. The lowest BCUT2D eigenvalue weighted by Crippen LogP contribution is -2.27. The smallest absolute Gasteiger partial charge is 0.240 e. The number of hydrogen-bond donors (Lipinski definition) is 1. The molecule has 4 rings (SSSR count). The molecule has 0 saturated heterocycles. The highest BCUT2D eigenvalue weighted by atomic mass is 19.1. The lowest BCUT2D eigenvalue weighted by molar-refractivity contribution is -0.121. The minimum absolute atomic E-state index is 0.109. The van der Waals surface area contributed by atoms with E-state index in [-0.39, 0.29) is 18.3 Å². The third-order valence-electron chi connectivity index (χ3n) is 4.10. The van der Waals surface area contributed by atoms with Gasteiger partial charge in [0.2, 0.25) is 5.91 Å². The molecular formula is C20H16FN3O2. The molecule has 0 aliphatic carbocycles. The predicted molar refractivity (Wildman–Crippen MR) is 95.7 cm³/mol. The molecule has 0 aliphatic heterocycles. The van der Waals surface area contributed by atoms with Crippen molar-refractivity contribution < 1.29 is 13.6 Å². The highest BCUT2D eigenvalue weighted by Crippen LogP contribution is 2.25. The number of amides is 1. The molecule has 0 radical (unpaired) electrons. The number of halogens is 1. The van der Waals surface area contributed by atoms with Gasteiger partial charge in [-0.05, 0) is 42.0 Å². The Morgan fingerprint density at radius 3 is 2.65 bits per heavy atom. The largest absolute Gasteiger partial charge is 0.461 e. The van der Waals surface area contributed by atoms with Gasteiger partial charge in [-0.25, -0.2) is 9.37 Å².